The molecule has 2 atom stereocenters. The molecule has 0 aromatic heterocycles. The van der Waals surface area contributed by atoms with Crippen LogP contribution in [0.5, 0.6) is 0 Å². The van der Waals surface area contributed by atoms with Crippen LogP contribution in [0.4, 0.5) is 0 Å². The van der Waals surface area contributed by atoms with Crippen molar-refractivity contribution in [1.29, 1.82) is 0 Å². The Kier molecular flexibility index (Phi) is 35.4. The number of unbranched alkanes of at least 4 members (excludes halogenated alkanes) is 29. The predicted molar refractivity (Wildman–Crippen MR) is 189 cm³/mol. The van der Waals surface area contributed by atoms with Crippen LogP contribution in [0.15, 0.2) is 0 Å². The summed E-state index contributed by atoms with van der Waals surface area (Å²) >= 11 is 0. The summed E-state index contributed by atoms with van der Waals surface area (Å²) in [5.41, 5.74) is 0. The zero-order valence-electron chi connectivity index (χ0n) is 29.5. The molecule has 0 spiro atoms. The van der Waals surface area contributed by atoms with Crippen LogP contribution in [0.25, 0.3) is 0 Å². The van der Waals surface area contributed by atoms with Crippen LogP contribution in [0.1, 0.15) is 226 Å². The highest BCUT2D eigenvalue weighted by Gasteiger charge is 2.19. The highest BCUT2D eigenvalue weighted by Crippen LogP contribution is 2.16. The van der Waals surface area contributed by atoms with Gasteiger partial charge in [0.05, 0.1) is 18.8 Å². The number of hydrogen-bond acceptors (Lipinski definition) is 3. The first-order chi connectivity index (χ1) is 21.2. The number of carbonyl (C=O) groups is 1. The van der Waals surface area contributed by atoms with Crippen molar-refractivity contribution in [3.05, 3.63) is 0 Å². The molecule has 0 fully saturated rings. The highest BCUT2D eigenvalue weighted by molar-refractivity contribution is 5.76. The van der Waals surface area contributed by atoms with Crippen molar-refractivity contribution >= 4 is 5.91 Å². The molecule has 3 N–H and O–H groups in total. The Hall–Kier alpha value is -0.610. The molecule has 4 heteroatoms. The molecule has 4 nitrogen and oxygen atoms in total. The van der Waals surface area contributed by atoms with Gasteiger partial charge in [-0.05, 0) is 12.8 Å². The van der Waals surface area contributed by atoms with Crippen molar-refractivity contribution in [1.82, 2.24) is 5.32 Å². The lowest BCUT2D eigenvalue weighted by molar-refractivity contribution is -0.123. The van der Waals surface area contributed by atoms with Gasteiger partial charge in [0.1, 0.15) is 0 Å². The highest BCUT2D eigenvalue weighted by atomic mass is 16.3. The van der Waals surface area contributed by atoms with Crippen LogP contribution in [-0.2, 0) is 4.79 Å². The summed E-state index contributed by atoms with van der Waals surface area (Å²) in [6.07, 6.45) is 41.6. The molecule has 0 rings (SSSR count). The zero-order chi connectivity index (χ0) is 31.5. The predicted octanol–water partition coefficient (Wildman–Crippen LogP) is 11.7. The minimum absolute atomic E-state index is 0.0280. The molecule has 0 heterocycles. The average molecular weight is 610 g/mol. The van der Waals surface area contributed by atoms with Gasteiger partial charge in [-0.15, -0.1) is 0 Å². The van der Waals surface area contributed by atoms with Gasteiger partial charge < -0.3 is 15.5 Å². The number of aliphatic hydroxyl groups is 2. The second-order valence-corrected chi connectivity index (χ2v) is 13.7. The first kappa shape index (κ1) is 42.4. The van der Waals surface area contributed by atoms with Gasteiger partial charge in [0.2, 0.25) is 5.91 Å². The Balaban J connectivity index is 3.50. The van der Waals surface area contributed by atoms with Crippen molar-refractivity contribution in [2.45, 2.75) is 238 Å². The molecule has 1 amide bonds. The third-order valence-electron chi connectivity index (χ3n) is 9.37. The first-order valence-electron chi connectivity index (χ1n) is 19.7. The smallest absolute Gasteiger partial charge is 0.220 e. The quantitative estimate of drug-likeness (QED) is 0.0619. The maximum absolute atomic E-state index is 12.3. The number of aliphatic hydroxyl groups excluding tert-OH is 2. The van der Waals surface area contributed by atoms with E-state index in [9.17, 15) is 15.0 Å². The Labute approximate surface area is 270 Å². The van der Waals surface area contributed by atoms with E-state index >= 15 is 0 Å². The average Bonchev–Trinajstić information content (AvgIpc) is 3.01. The summed E-state index contributed by atoms with van der Waals surface area (Å²) in [6.45, 7) is 4.37. The summed E-state index contributed by atoms with van der Waals surface area (Å²) in [5, 5.41) is 23.1. The molecule has 0 aliphatic heterocycles. The van der Waals surface area contributed by atoms with E-state index in [4.69, 9.17) is 0 Å². The molecule has 0 bridgehead atoms. The van der Waals surface area contributed by atoms with E-state index < -0.39 is 12.1 Å². The lowest BCUT2D eigenvalue weighted by Gasteiger charge is -2.22. The number of amides is 1. The molecule has 258 valence electrons. The van der Waals surface area contributed by atoms with E-state index in [1.54, 1.807) is 0 Å². The van der Waals surface area contributed by atoms with Crippen molar-refractivity contribution < 1.29 is 15.0 Å². The lowest BCUT2D eigenvalue weighted by atomic mass is 10.0. The fourth-order valence-corrected chi connectivity index (χ4v) is 6.30. The number of hydrogen-bond donors (Lipinski definition) is 3. The van der Waals surface area contributed by atoms with Gasteiger partial charge in [-0.2, -0.15) is 0 Å². The number of rotatable bonds is 36. The van der Waals surface area contributed by atoms with Crippen LogP contribution in [0.2, 0.25) is 0 Å². The zero-order valence-corrected chi connectivity index (χ0v) is 29.5. The normalized spacial score (nSPS) is 12.9. The molecule has 0 aromatic carbocycles. The van der Waals surface area contributed by atoms with Crippen LogP contribution in [0, 0.1) is 0 Å². The fourth-order valence-electron chi connectivity index (χ4n) is 6.30. The maximum Gasteiger partial charge on any atom is 0.220 e. The van der Waals surface area contributed by atoms with Crippen LogP contribution in [0.3, 0.4) is 0 Å². The van der Waals surface area contributed by atoms with Gasteiger partial charge >= 0.3 is 0 Å². The van der Waals surface area contributed by atoms with E-state index in [0.717, 1.165) is 25.7 Å². The monoisotopic (exact) mass is 610 g/mol. The van der Waals surface area contributed by atoms with Gasteiger partial charge in [-0.1, -0.05) is 206 Å². The third kappa shape index (κ3) is 32.6. The Bertz CT molecular complexity index is 541. The second kappa shape index (κ2) is 35.9. The molecular formula is C39H79NO3. The molecule has 0 radical (unpaired) electrons. The molecular weight excluding hydrogens is 530 g/mol. The minimum atomic E-state index is -0.651. The van der Waals surface area contributed by atoms with Gasteiger partial charge in [-0.3, -0.25) is 4.79 Å². The van der Waals surface area contributed by atoms with Crippen molar-refractivity contribution in [2.75, 3.05) is 6.61 Å². The molecule has 2 unspecified atom stereocenters. The number of nitrogens with one attached hydrogen (secondary N) is 1. The summed E-state index contributed by atoms with van der Waals surface area (Å²) < 4.78 is 0. The molecule has 0 saturated carbocycles. The summed E-state index contributed by atoms with van der Waals surface area (Å²) in [6, 6.07) is -0.528. The van der Waals surface area contributed by atoms with E-state index in [1.165, 1.54) is 173 Å². The molecule has 43 heavy (non-hydrogen) atoms. The molecule has 0 aliphatic rings. The summed E-state index contributed by atoms with van der Waals surface area (Å²) in [5.74, 6) is -0.0280. The molecule has 0 aliphatic carbocycles. The maximum atomic E-state index is 12.3. The Morgan fingerprint density at radius 1 is 0.465 bits per heavy atom. The Morgan fingerprint density at radius 3 is 1.05 bits per heavy atom. The summed E-state index contributed by atoms with van der Waals surface area (Å²) in [4.78, 5) is 12.3. The first-order valence-corrected chi connectivity index (χ1v) is 19.7. The topological polar surface area (TPSA) is 69.6 Å². The SMILES string of the molecule is CCCCCCCCCCCCCCCCCCC(O)C(CO)NC(=O)CCCCCCCCCCCCCCCCC. The minimum Gasteiger partial charge on any atom is -0.394 e. The van der Waals surface area contributed by atoms with Gasteiger partial charge in [0.15, 0.2) is 0 Å². The molecule has 0 saturated heterocycles. The third-order valence-corrected chi connectivity index (χ3v) is 9.37. The van der Waals surface area contributed by atoms with Gasteiger partial charge in [0.25, 0.3) is 0 Å². The largest absolute Gasteiger partial charge is 0.394 e. The van der Waals surface area contributed by atoms with Crippen molar-refractivity contribution in [3.8, 4) is 0 Å². The van der Waals surface area contributed by atoms with Crippen molar-refractivity contribution in [2.24, 2.45) is 0 Å². The number of carbonyl (C=O) groups excluding carboxylic acids is 1. The summed E-state index contributed by atoms with van der Waals surface area (Å²) in [7, 11) is 0. The lowest BCUT2D eigenvalue weighted by Crippen LogP contribution is -2.45. The van der Waals surface area contributed by atoms with Crippen molar-refractivity contribution in [3.63, 3.8) is 0 Å². The fraction of sp³-hybridized carbons (Fsp3) is 0.974. The standard InChI is InChI=1S/C39H79NO3/c1-3-5-7-9-11-13-15-17-19-21-22-24-26-28-30-32-34-38(42)37(36-41)40-39(43)35-33-31-29-27-25-23-20-18-16-14-12-10-8-6-4-2/h37-38,41-42H,3-36H2,1-2H3,(H,40,43). The van der Waals surface area contributed by atoms with E-state index in [-0.39, 0.29) is 12.5 Å². The van der Waals surface area contributed by atoms with E-state index in [0.29, 0.717) is 12.8 Å². The van der Waals surface area contributed by atoms with Gasteiger partial charge in [-0.25, -0.2) is 0 Å². The van der Waals surface area contributed by atoms with Crippen LogP contribution in [-0.4, -0.2) is 34.9 Å². The van der Waals surface area contributed by atoms with E-state index in [2.05, 4.69) is 19.2 Å². The molecule has 0 aromatic rings. The van der Waals surface area contributed by atoms with E-state index in [1.807, 2.05) is 0 Å². The Morgan fingerprint density at radius 2 is 0.744 bits per heavy atom. The van der Waals surface area contributed by atoms with Crippen LogP contribution >= 0.6 is 0 Å². The van der Waals surface area contributed by atoms with Gasteiger partial charge in [0, 0.05) is 6.42 Å². The van der Waals surface area contributed by atoms with Crippen LogP contribution < -0.4 is 5.32 Å². The second-order valence-electron chi connectivity index (χ2n) is 13.7.